The van der Waals surface area contributed by atoms with Gasteiger partial charge in [-0.05, 0) is 24.3 Å². The third-order valence-electron chi connectivity index (χ3n) is 2.74. The number of furan rings is 1. The van der Waals surface area contributed by atoms with E-state index in [9.17, 15) is 4.79 Å². The Morgan fingerprint density at radius 1 is 1.41 bits per heavy atom. The van der Waals surface area contributed by atoms with Crippen LogP contribution < -0.4 is 5.73 Å². The first kappa shape index (κ1) is 15.1. The number of thiophene rings is 1. The van der Waals surface area contributed by atoms with Gasteiger partial charge in [0.2, 0.25) is 11.7 Å². The molecule has 0 atom stereocenters. The van der Waals surface area contributed by atoms with E-state index in [2.05, 4.69) is 10.2 Å². The number of amides is 1. The molecule has 0 fully saturated rings. The van der Waals surface area contributed by atoms with E-state index in [0.29, 0.717) is 22.5 Å². The first-order valence-electron chi connectivity index (χ1n) is 6.26. The predicted octanol–water partition coefficient (Wildman–Crippen LogP) is 3.03. The summed E-state index contributed by atoms with van der Waals surface area (Å²) >= 11 is 8.89. The van der Waals surface area contributed by atoms with Crippen LogP contribution in [-0.2, 0) is 17.1 Å². The number of nitrogens with zero attached hydrogens (tertiary/aromatic N) is 3. The summed E-state index contributed by atoms with van der Waals surface area (Å²) in [6, 6.07) is 7.32. The van der Waals surface area contributed by atoms with Gasteiger partial charge in [0.05, 0.1) is 10.6 Å². The lowest BCUT2D eigenvalue weighted by molar-refractivity contribution is -0.118. The zero-order valence-corrected chi connectivity index (χ0v) is 13.6. The van der Waals surface area contributed by atoms with Gasteiger partial charge in [0.15, 0.2) is 10.9 Å². The van der Waals surface area contributed by atoms with Gasteiger partial charge in [-0.1, -0.05) is 23.4 Å². The van der Waals surface area contributed by atoms with E-state index in [1.54, 1.807) is 23.0 Å². The van der Waals surface area contributed by atoms with Crippen molar-refractivity contribution in [3.8, 4) is 11.6 Å². The summed E-state index contributed by atoms with van der Waals surface area (Å²) in [5.74, 6) is 1.25. The van der Waals surface area contributed by atoms with Crippen LogP contribution >= 0.6 is 34.7 Å². The van der Waals surface area contributed by atoms with Crippen LogP contribution in [0.4, 0.5) is 0 Å². The van der Waals surface area contributed by atoms with Crippen molar-refractivity contribution in [2.45, 2.75) is 17.5 Å². The molecule has 0 radical (unpaired) electrons. The average Bonchev–Trinajstić information content (AvgIpc) is 3.17. The van der Waals surface area contributed by atoms with Crippen LogP contribution in [0.1, 0.15) is 4.88 Å². The molecule has 0 aromatic carbocycles. The van der Waals surface area contributed by atoms with Gasteiger partial charge in [-0.15, -0.1) is 21.5 Å². The van der Waals surface area contributed by atoms with Crippen molar-refractivity contribution in [2.75, 3.05) is 0 Å². The zero-order valence-electron chi connectivity index (χ0n) is 11.2. The van der Waals surface area contributed by atoms with Crippen molar-refractivity contribution in [1.82, 2.24) is 14.8 Å². The van der Waals surface area contributed by atoms with E-state index >= 15 is 0 Å². The lowest BCUT2D eigenvalue weighted by Crippen LogP contribution is -2.19. The maximum atomic E-state index is 11.3. The second-order valence-electron chi connectivity index (χ2n) is 4.33. The molecule has 6 nitrogen and oxygen atoms in total. The van der Waals surface area contributed by atoms with Crippen LogP contribution in [0.5, 0.6) is 0 Å². The summed E-state index contributed by atoms with van der Waals surface area (Å²) < 4.78 is 7.72. The summed E-state index contributed by atoms with van der Waals surface area (Å²) in [4.78, 5) is 12.4. The van der Waals surface area contributed by atoms with Gasteiger partial charge in [-0.3, -0.25) is 9.36 Å². The second-order valence-corrected chi connectivity index (χ2v) is 7.07. The lowest BCUT2D eigenvalue weighted by Gasteiger charge is -2.06. The minimum Gasteiger partial charge on any atom is -0.461 e. The number of halogens is 1. The number of carbonyl (C=O) groups excluding carboxylic acids is 1. The quantitative estimate of drug-likeness (QED) is 0.687. The van der Waals surface area contributed by atoms with Crippen molar-refractivity contribution < 1.29 is 9.21 Å². The van der Waals surface area contributed by atoms with Gasteiger partial charge >= 0.3 is 0 Å². The number of hydrogen-bond donors (Lipinski definition) is 1. The summed E-state index contributed by atoms with van der Waals surface area (Å²) in [7, 11) is 0. The monoisotopic (exact) mass is 354 g/mol. The third kappa shape index (κ3) is 3.34. The van der Waals surface area contributed by atoms with Gasteiger partial charge < -0.3 is 10.2 Å². The Balaban J connectivity index is 1.85. The lowest BCUT2D eigenvalue weighted by atomic mass is 10.4. The molecule has 0 aliphatic rings. The highest BCUT2D eigenvalue weighted by Gasteiger charge is 2.18. The van der Waals surface area contributed by atoms with E-state index in [4.69, 9.17) is 21.8 Å². The molecule has 0 spiro atoms. The topological polar surface area (TPSA) is 86.9 Å². The van der Waals surface area contributed by atoms with Crippen molar-refractivity contribution >= 4 is 40.6 Å². The second kappa shape index (κ2) is 6.55. The molecular weight excluding hydrogens is 344 g/mol. The van der Waals surface area contributed by atoms with Crippen LogP contribution in [0.15, 0.2) is 40.1 Å². The van der Waals surface area contributed by atoms with Crippen LogP contribution in [0, 0.1) is 0 Å². The largest absolute Gasteiger partial charge is 0.461 e. The highest BCUT2D eigenvalue weighted by atomic mass is 35.5. The molecule has 3 aromatic heterocycles. The van der Waals surface area contributed by atoms with Gasteiger partial charge in [0.25, 0.3) is 0 Å². The number of thioether (sulfide) groups is 1. The summed E-state index contributed by atoms with van der Waals surface area (Å²) in [6.07, 6.45) is 1.54. The molecule has 2 N–H and O–H groups in total. The molecule has 0 aliphatic carbocycles. The molecule has 3 heterocycles. The van der Waals surface area contributed by atoms with E-state index in [1.807, 2.05) is 12.1 Å². The van der Waals surface area contributed by atoms with Crippen molar-refractivity contribution in [2.24, 2.45) is 5.73 Å². The standard InChI is InChI=1S/C13H11ClN4O2S2/c14-10-4-3-8(22-10)7-21-13-17-16-12(9-2-1-5-20-9)18(13)6-11(15)19/h1-5H,6-7H2,(H2,15,19). The van der Waals surface area contributed by atoms with E-state index < -0.39 is 5.91 Å². The van der Waals surface area contributed by atoms with Crippen LogP contribution in [0.25, 0.3) is 11.6 Å². The Morgan fingerprint density at radius 3 is 2.91 bits per heavy atom. The zero-order chi connectivity index (χ0) is 15.5. The van der Waals surface area contributed by atoms with E-state index in [-0.39, 0.29) is 6.54 Å². The van der Waals surface area contributed by atoms with Gasteiger partial charge in [-0.2, -0.15) is 0 Å². The Hall–Kier alpha value is -1.77. The minimum atomic E-state index is -0.464. The first-order valence-corrected chi connectivity index (χ1v) is 8.44. The van der Waals surface area contributed by atoms with Crippen molar-refractivity contribution in [3.63, 3.8) is 0 Å². The average molecular weight is 355 g/mol. The molecule has 0 unspecified atom stereocenters. The Labute approximate surface area is 139 Å². The molecule has 0 aliphatic heterocycles. The van der Waals surface area contributed by atoms with Gasteiger partial charge in [0.1, 0.15) is 6.54 Å². The Bertz CT molecular complexity index is 782. The number of rotatable bonds is 6. The van der Waals surface area contributed by atoms with Crippen molar-refractivity contribution in [3.05, 3.63) is 39.7 Å². The Morgan fingerprint density at radius 2 is 2.27 bits per heavy atom. The fourth-order valence-electron chi connectivity index (χ4n) is 1.85. The normalized spacial score (nSPS) is 11.0. The smallest absolute Gasteiger partial charge is 0.237 e. The molecular formula is C13H11ClN4O2S2. The van der Waals surface area contributed by atoms with Gasteiger partial charge in [0, 0.05) is 10.6 Å². The minimum absolute atomic E-state index is 0.00341. The van der Waals surface area contributed by atoms with Crippen molar-refractivity contribution in [1.29, 1.82) is 0 Å². The maximum absolute atomic E-state index is 11.3. The first-order chi connectivity index (χ1) is 10.6. The molecule has 0 saturated heterocycles. The summed E-state index contributed by atoms with van der Waals surface area (Å²) in [6.45, 7) is -0.00341. The predicted molar refractivity (Wildman–Crippen MR) is 85.8 cm³/mol. The number of primary amides is 1. The third-order valence-corrected chi connectivity index (χ3v) is 5.17. The molecule has 1 amide bonds. The van der Waals surface area contributed by atoms with E-state index in [1.165, 1.54) is 23.1 Å². The summed E-state index contributed by atoms with van der Waals surface area (Å²) in [5, 5.41) is 8.83. The molecule has 114 valence electrons. The molecule has 9 heteroatoms. The molecule has 3 aromatic rings. The number of nitrogens with two attached hydrogens (primary N) is 1. The van der Waals surface area contributed by atoms with Crippen LogP contribution in [-0.4, -0.2) is 20.7 Å². The number of hydrogen-bond acceptors (Lipinski definition) is 6. The fraction of sp³-hybridized carbons (Fsp3) is 0.154. The maximum Gasteiger partial charge on any atom is 0.237 e. The Kier molecular flexibility index (Phi) is 4.51. The SMILES string of the molecule is NC(=O)Cn1c(SCc2ccc(Cl)s2)nnc1-c1ccco1. The van der Waals surface area contributed by atoms with E-state index in [0.717, 1.165) is 9.21 Å². The fourth-order valence-corrected chi connectivity index (χ4v) is 3.92. The van der Waals surface area contributed by atoms with Crippen LogP contribution in [0.2, 0.25) is 4.34 Å². The molecule has 0 bridgehead atoms. The highest BCUT2D eigenvalue weighted by Crippen LogP contribution is 2.30. The number of aromatic nitrogens is 3. The number of carbonyl (C=O) groups is 1. The molecule has 3 rings (SSSR count). The molecule has 0 saturated carbocycles. The van der Waals surface area contributed by atoms with Crippen LogP contribution in [0.3, 0.4) is 0 Å². The molecule has 22 heavy (non-hydrogen) atoms. The van der Waals surface area contributed by atoms with Gasteiger partial charge in [-0.25, -0.2) is 0 Å². The highest BCUT2D eigenvalue weighted by molar-refractivity contribution is 7.98. The summed E-state index contributed by atoms with van der Waals surface area (Å²) in [5.41, 5.74) is 5.31.